The van der Waals surface area contributed by atoms with E-state index < -0.39 is 18.2 Å². The molecule has 3 rings (SSSR count). The molecule has 1 saturated carbocycles. The first-order valence-corrected chi connectivity index (χ1v) is 5.77. The number of hydrogen-bond acceptors (Lipinski definition) is 3. The fourth-order valence-corrected chi connectivity index (χ4v) is 2.60. The van der Waals surface area contributed by atoms with Crippen molar-refractivity contribution in [2.24, 2.45) is 5.92 Å². The van der Waals surface area contributed by atoms with Crippen LogP contribution in [0.2, 0.25) is 0 Å². The number of alkyl halides is 1. The number of halogens is 3. The van der Waals surface area contributed by atoms with Crippen LogP contribution in [0.3, 0.4) is 0 Å². The van der Waals surface area contributed by atoms with Gasteiger partial charge in [0.25, 0.3) is 0 Å². The maximum atomic E-state index is 13.7. The summed E-state index contributed by atoms with van der Waals surface area (Å²) >= 11 is 3.21. The van der Waals surface area contributed by atoms with Crippen molar-refractivity contribution >= 4 is 15.9 Å². The maximum absolute atomic E-state index is 13.7. The lowest BCUT2D eigenvalue weighted by molar-refractivity contribution is 0.00697. The van der Waals surface area contributed by atoms with Crippen LogP contribution in [0.5, 0.6) is 0 Å². The smallest absolute Gasteiger partial charge is 0.218 e. The highest BCUT2D eigenvalue weighted by molar-refractivity contribution is 9.10. The molecule has 1 saturated heterocycles. The van der Waals surface area contributed by atoms with E-state index in [4.69, 9.17) is 4.84 Å². The fraction of sp³-hybridized carbons (Fsp3) is 0.500. The predicted octanol–water partition coefficient (Wildman–Crippen LogP) is 2.07. The summed E-state index contributed by atoms with van der Waals surface area (Å²) < 4.78 is 27.6. The molecule has 86 valence electrons. The number of hydroxylamine groups is 1. The number of fused-ring (bicyclic) bond motifs is 1. The van der Waals surface area contributed by atoms with Crippen molar-refractivity contribution < 1.29 is 13.6 Å². The summed E-state index contributed by atoms with van der Waals surface area (Å²) in [7, 11) is 0. The van der Waals surface area contributed by atoms with Crippen molar-refractivity contribution in [1.29, 1.82) is 0 Å². The van der Waals surface area contributed by atoms with Gasteiger partial charge in [-0.3, -0.25) is 4.84 Å². The Hall–Kier alpha value is -0.590. The lowest BCUT2D eigenvalue weighted by Crippen LogP contribution is -2.43. The minimum Gasteiger partial charge on any atom is -0.297 e. The summed E-state index contributed by atoms with van der Waals surface area (Å²) in [6.07, 6.45) is 2.13. The standard InChI is InChI=1S/C10H9BrF2N2O/c11-5-1-7(9(13)14-3-5)10(4-12)6-2-8(6)16-15-10/h1,3,6,8,15H,2,4H2/t6-,8?,10-/m0/s1. The molecule has 0 aromatic carbocycles. The van der Waals surface area contributed by atoms with Crippen LogP contribution in [0, 0.1) is 11.9 Å². The van der Waals surface area contributed by atoms with Gasteiger partial charge in [-0.25, -0.2) is 9.37 Å². The zero-order chi connectivity index (χ0) is 11.3. The summed E-state index contributed by atoms with van der Waals surface area (Å²) in [5.41, 5.74) is 1.79. The summed E-state index contributed by atoms with van der Waals surface area (Å²) in [5, 5.41) is 0. The third kappa shape index (κ3) is 1.33. The molecule has 0 bridgehead atoms. The monoisotopic (exact) mass is 290 g/mol. The van der Waals surface area contributed by atoms with Gasteiger partial charge < -0.3 is 0 Å². The van der Waals surface area contributed by atoms with E-state index in [9.17, 15) is 8.78 Å². The van der Waals surface area contributed by atoms with E-state index in [1.54, 1.807) is 6.07 Å². The molecule has 2 aliphatic rings. The van der Waals surface area contributed by atoms with Crippen LogP contribution >= 0.6 is 15.9 Å². The van der Waals surface area contributed by atoms with Gasteiger partial charge in [0.1, 0.15) is 12.2 Å². The molecule has 6 heteroatoms. The fourth-order valence-electron chi connectivity index (χ4n) is 2.27. The molecule has 3 nitrogen and oxygen atoms in total. The zero-order valence-corrected chi connectivity index (χ0v) is 9.80. The summed E-state index contributed by atoms with van der Waals surface area (Å²) in [4.78, 5) is 8.78. The Labute approximate surface area is 99.3 Å². The molecule has 0 amide bonds. The Morgan fingerprint density at radius 1 is 1.69 bits per heavy atom. The van der Waals surface area contributed by atoms with Crippen LogP contribution in [0.1, 0.15) is 12.0 Å². The van der Waals surface area contributed by atoms with E-state index >= 15 is 0 Å². The van der Waals surface area contributed by atoms with Crippen LogP contribution in [0.4, 0.5) is 8.78 Å². The largest absolute Gasteiger partial charge is 0.297 e. The van der Waals surface area contributed by atoms with E-state index in [0.717, 1.165) is 6.42 Å². The molecular weight excluding hydrogens is 282 g/mol. The van der Waals surface area contributed by atoms with Crippen LogP contribution in [0.15, 0.2) is 16.7 Å². The summed E-state index contributed by atoms with van der Waals surface area (Å²) in [6.45, 7) is -0.705. The third-order valence-electron chi connectivity index (χ3n) is 3.25. The van der Waals surface area contributed by atoms with Gasteiger partial charge in [0.15, 0.2) is 0 Å². The molecule has 1 N–H and O–H groups in total. The van der Waals surface area contributed by atoms with Crippen molar-refractivity contribution in [3.05, 3.63) is 28.2 Å². The first-order valence-electron chi connectivity index (χ1n) is 4.97. The van der Waals surface area contributed by atoms with E-state index in [1.807, 2.05) is 0 Å². The summed E-state index contributed by atoms with van der Waals surface area (Å²) in [5.74, 6) is -0.646. The number of nitrogens with one attached hydrogen (secondary N) is 1. The molecule has 1 aromatic rings. The third-order valence-corrected chi connectivity index (χ3v) is 3.69. The number of pyridine rings is 1. The Bertz CT molecular complexity index is 445. The van der Waals surface area contributed by atoms with Crippen LogP contribution in [-0.4, -0.2) is 17.8 Å². The Morgan fingerprint density at radius 3 is 3.06 bits per heavy atom. The molecule has 1 unspecified atom stereocenters. The average Bonchev–Trinajstić information content (AvgIpc) is 2.98. The van der Waals surface area contributed by atoms with Gasteiger partial charge in [-0.2, -0.15) is 9.87 Å². The molecule has 16 heavy (non-hydrogen) atoms. The van der Waals surface area contributed by atoms with Crippen molar-refractivity contribution in [2.75, 3.05) is 6.67 Å². The van der Waals surface area contributed by atoms with Gasteiger partial charge >= 0.3 is 0 Å². The molecule has 1 aromatic heterocycles. The number of hydrogen-bond donors (Lipinski definition) is 1. The first-order chi connectivity index (χ1) is 7.67. The van der Waals surface area contributed by atoms with Gasteiger partial charge in [0.05, 0.1) is 6.10 Å². The average molecular weight is 291 g/mol. The van der Waals surface area contributed by atoms with E-state index in [1.165, 1.54) is 6.20 Å². The molecule has 2 heterocycles. The molecular formula is C10H9BrF2N2O. The van der Waals surface area contributed by atoms with Crippen molar-refractivity contribution in [3.63, 3.8) is 0 Å². The maximum Gasteiger partial charge on any atom is 0.218 e. The van der Waals surface area contributed by atoms with Crippen molar-refractivity contribution in [2.45, 2.75) is 18.1 Å². The van der Waals surface area contributed by atoms with Crippen LogP contribution < -0.4 is 5.48 Å². The van der Waals surface area contributed by atoms with Gasteiger partial charge in [-0.1, -0.05) is 0 Å². The molecule has 0 spiro atoms. The lowest BCUT2D eigenvalue weighted by Gasteiger charge is -2.27. The van der Waals surface area contributed by atoms with Gasteiger partial charge in [0, 0.05) is 22.2 Å². The molecule has 1 aliphatic carbocycles. The Balaban J connectivity index is 2.09. The van der Waals surface area contributed by atoms with Gasteiger partial charge in [0.2, 0.25) is 5.95 Å². The van der Waals surface area contributed by atoms with E-state index in [-0.39, 0.29) is 17.6 Å². The lowest BCUT2D eigenvalue weighted by atomic mass is 9.88. The topological polar surface area (TPSA) is 34.2 Å². The molecule has 3 atom stereocenters. The number of nitrogens with zero attached hydrogens (tertiary/aromatic N) is 1. The predicted molar refractivity (Wildman–Crippen MR) is 55.7 cm³/mol. The highest BCUT2D eigenvalue weighted by Crippen LogP contribution is 2.53. The van der Waals surface area contributed by atoms with E-state index in [0.29, 0.717) is 4.47 Å². The molecule has 0 radical (unpaired) electrons. The van der Waals surface area contributed by atoms with Crippen LogP contribution in [0.25, 0.3) is 0 Å². The highest BCUT2D eigenvalue weighted by atomic mass is 79.9. The number of aromatic nitrogens is 1. The minimum atomic E-state index is -1.06. The van der Waals surface area contributed by atoms with Crippen molar-refractivity contribution in [3.8, 4) is 0 Å². The quantitative estimate of drug-likeness (QED) is 0.847. The highest BCUT2D eigenvalue weighted by Gasteiger charge is 2.62. The van der Waals surface area contributed by atoms with Crippen LogP contribution in [-0.2, 0) is 10.4 Å². The van der Waals surface area contributed by atoms with Gasteiger partial charge in [-0.15, -0.1) is 0 Å². The SMILES string of the molecule is FC[C@]1(c2cc(Br)cnc2F)NOC2C[C@@H]21. The Kier molecular flexibility index (Phi) is 2.28. The van der Waals surface area contributed by atoms with Crippen molar-refractivity contribution in [1.82, 2.24) is 10.5 Å². The molecule has 1 aliphatic heterocycles. The zero-order valence-electron chi connectivity index (χ0n) is 8.21. The minimum absolute atomic E-state index is 0.00287. The summed E-state index contributed by atoms with van der Waals surface area (Å²) in [6, 6.07) is 1.55. The second-order valence-electron chi connectivity index (χ2n) is 4.20. The normalized spacial score (nSPS) is 36.2. The molecule has 2 fully saturated rings. The second kappa shape index (κ2) is 3.45. The van der Waals surface area contributed by atoms with Gasteiger partial charge in [-0.05, 0) is 28.4 Å². The second-order valence-corrected chi connectivity index (χ2v) is 5.11. The van der Waals surface area contributed by atoms with E-state index in [2.05, 4.69) is 26.4 Å². The first kappa shape index (κ1) is 10.6. The Morgan fingerprint density at radius 2 is 2.50 bits per heavy atom. The number of rotatable bonds is 2.